The van der Waals surface area contributed by atoms with Crippen molar-refractivity contribution in [2.45, 2.75) is 52.1 Å². The highest BCUT2D eigenvalue weighted by Gasteiger charge is 2.37. The average molecular weight is 171 g/mol. The van der Waals surface area contributed by atoms with E-state index in [4.69, 9.17) is 0 Å². The van der Waals surface area contributed by atoms with Crippen LogP contribution in [0.25, 0.3) is 0 Å². The standard InChI is InChI=1S/C10H21NO/c1-8(2)11-9-5-4-6-10(9,3)7-12/h8-9,11-12H,4-7H2,1-3H3. The molecule has 2 nitrogen and oxygen atoms in total. The van der Waals surface area contributed by atoms with Crippen molar-refractivity contribution in [3.8, 4) is 0 Å². The minimum absolute atomic E-state index is 0.129. The maximum absolute atomic E-state index is 9.27. The van der Waals surface area contributed by atoms with Gasteiger partial charge in [0.15, 0.2) is 0 Å². The van der Waals surface area contributed by atoms with E-state index in [0.717, 1.165) is 6.42 Å². The van der Waals surface area contributed by atoms with E-state index >= 15 is 0 Å². The summed E-state index contributed by atoms with van der Waals surface area (Å²) in [6, 6.07) is 1.04. The van der Waals surface area contributed by atoms with Gasteiger partial charge in [-0.3, -0.25) is 0 Å². The van der Waals surface area contributed by atoms with E-state index in [1.807, 2.05) is 0 Å². The van der Waals surface area contributed by atoms with Gasteiger partial charge in [-0.1, -0.05) is 27.2 Å². The van der Waals surface area contributed by atoms with Gasteiger partial charge < -0.3 is 10.4 Å². The van der Waals surface area contributed by atoms with Crippen LogP contribution in [0.2, 0.25) is 0 Å². The second-order valence-corrected chi connectivity index (χ2v) is 4.58. The molecular formula is C10H21NO. The zero-order chi connectivity index (χ0) is 9.19. The Morgan fingerprint density at radius 2 is 2.25 bits per heavy atom. The Hall–Kier alpha value is -0.0800. The third-order valence-electron chi connectivity index (χ3n) is 2.98. The minimum atomic E-state index is 0.129. The molecule has 0 aromatic rings. The Balaban J connectivity index is 2.51. The van der Waals surface area contributed by atoms with Gasteiger partial charge in [-0.15, -0.1) is 0 Å². The molecule has 1 aliphatic rings. The van der Waals surface area contributed by atoms with Crippen LogP contribution in [-0.4, -0.2) is 23.8 Å². The molecule has 72 valence electrons. The fraction of sp³-hybridized carbons (Fsp3) is 1.00. The lowest BCUT2D eigenvalue weighted by atomic mass is 9.85. The molecule has 12 heavy (non-hydrogen) atoms. The third-order valence-corrected chi connectivity index (χ3v) is 2.98. The zero-order valence-electron chi connectivity index (χ0n) is 8.43. The topological polar surface area (TPSA) is 32.3 Å². The van der Waals surface area contributed by atoms with Crippen molar-refractivity contribution < 1.29 is 5.11 Å². The van der Waals surface area contributed by atoms with Crippen LogP contribution in [0.1, 0.15) is 40.0 Å². The molecule has 0 bridgehead atoms. The molecule has 0 radical (unpaired) electrons. The largest absolute Gasteiger partial charge is 0.396 e. The average Bonchev–Trinajstić information content (AvgIpc) is 2.33. The number of rotatable bonds is 3. The van der Waals surface area contributed by atoms with Crippen molar-refractivity contribution in [3.05, 3.63) is 0 Å². The van der Waals surface area contributed by atoms with Gasteiger partial charge in [-0.25, -0.2) is 0 Å². The number of hydrogen-bond acceptors (Lipinski definition) is 2. The van der Waals surface area contributed by atoms with Crippen LogP contribution in [0.5, 0.6) is 0 Å². The lowest BCUT2D eigenvalue weighted by Crippen LogP contribution is -2.44. The molecule has 2 heteroatoms. The summed E-state index contributed by atoms with van der Waals surface area (Å²) in [5, 5.41) is 12.8. The molecule has 2 N–H and O–H groups in total. The third kappa shape index (κ3) is 1.99. The van der Waals surface area contributed by atoms with Crippen molar-refractivity contribution in [2.75, 3.05) is 6.61 Å². The highest BCUT2D eigenvalue weighted by atomic mass is 16.3. The first kappa shape index (κ1) is 10.0. The van der Waals surface area contributed by atoms with E-state index in [1.54, 1.807) is 0 Å². The van der Waals surface area contributed by atoms with E-state index in [-0.39, 0.29) is 5.41 Å². The van der Waals surface area contributed by atoms with Crippen molar-refractivity contribution in [3.63, 3.8) is 0 Å². The van der Waals surface area contributed by atoms with Crippen molar-refractivity contribution in [2.24, 2.45) is 5.41 Å². The molecule has 1 aliphatic carbocycles. The van der Waals surface area contributed by atoms with Gasteiger partial charge in [-0.05, 0) is 12.8 Å². The van der Waals surface area contributed by atoms with Gasteiger partial charge in [0.05, 0.1) is 0 Å². The van der Waals surface area contributed by atoms with Gasteiger partial charge in [0.25, 0.3) is 0 Å². The maximum atomic E-state index is 9.27. The van der Waals surface area contributed by atoms with Crippen LogP contribution in [0, 0.1) is 5.41 Å². The van der Waals surface area contributed by atoms with Gasteiger partial charge >= 0.3 is 0 Å². The summed E-state index contributed by atoms with van der Waals surface area (Å²) < 4.78 is 0. The molecule has 0 spiro atoms. The summed E-state index contributed by atoms with van der Waals surface area (Å²) >= 11 is 0. The summed E-state index contributed by atoms with van der Waals surface area (Å²) in [5.74, 6) is 0. The SMILES string of the molecule is CC(C)NC1CCCC1(C)CO. The highest BCUT2D eigenvalue weighted by molar-refractivity contribution is 4.93. The molecular weight excluding hydrogens is 150 g/mol. The normalized spacial score (nSPS) is 36.2. The molecule has 0 aliphatic heterocycles. The van der Waals surface area contributed by atoms with E-state index < -0.39 is 0 Å². The lowest BCUT2D eigenvalue weighted by molar-refractivity contribution is 0.115. The lowest BCUT2D eigenvalue weighted by Gasteiger charge is -2.31. The van der Waals surface area contributed by atoms with E-state index in [1.165, 1.54) is 12.8 Å². The quantitative estimate of drug-likeness (QED) is 0.675. The molecule has 0 aromatic heterocycles. The summed E-state index contributed by atoms with van der Waals surface area (Å²) in [7, 11) is 0. The van der Waals surface area contributed by atoms with Crippen LogP contribution < -0.4 is 5.32 Å². The molecule has 2 atom stereocenters. The van der Waals surface area contributed by atoms with Crippen LogP contribution in [0.4, 0.5) is 0 Å². The van der Waals surface area contributed by atoms with E-state index in [0.29, 0.717) is 18.7 Å². The minimum Gasteiger partial charge on any atom is -0.396 e. The predicted molar refractivity (Wildman–Crippen MR) is 51.1 cm³/mol. The van der Waals surface area contributed by atoms with E-state index in [2.05, 4.69) is 26.1 Å². The van der Waals surface area contributed by atoms with Crippen molar-refractivity contribution in [1.82, 2.24) is 5.32 Å². The number of aliphatic hydroxyl groups excluding tert-OH is 1. The Labute approximate surface area is 75.4 Å². The molecule has 0 saturated heterocycles. The molecule has 2 unspecified atom stereocenters. The zero-order valence-corrected chi connectivity index (χ0v) is 8.43. The van der Waals surface area contributed by atoms with Crippen LogP contribution >= 0.6 is 0 Å². The fourth-order valence-corrected chi connectivity index (χ4v) is 2.11. The number of aliphatic hydroxyl groups is 1. The fourth-order valence-electron chi connectivity index (χ4n) is 2.11. The highest BCUT2D eigenvalue weighted by Crippen LogP contribution is 2.37. The summed E-state index contributed by atoms with van der Waals surface area (Å²) in [6.45, 7) is 6.82. The number of hydrogen-bond donors (Lipinski definition) is 2. The molecule has 0 heterocycles. The first-order valence-electron chi connectivity index (χ1n) is 4.95. The van der Waals surface area contributed by atoms with Gasteiger partial charge in [0, 0.05) is 24.1 Å². The molecule has 0 amide bonds. The van der Waals surface area contributed by atoms with Crippen molar-refractivity contribution in [1.29, 1.82) is 0 Å². The Bertz CT molecular complexity index is 147. The Morgan fingerprint density at radius 1 is 1.58 bits per heavy atom. The Kier molecular flexibility index (Phi) is 3.13. The predicted octanol–water partition coefficient (Wildman–Crippen LogP) is 1.54. The van der Waals surface area contributed by atoms with Gasteiger partial charge in [0.2, 0.25) is 0 Å². The van der Waals surface area contributed by atoms with Gasteiger partial charge in [-0.2, -0.15) is 0 Å². The summed E-state index contributed by atoms with van der Waals surface area (Å²) in [5.41, 5.74) is 0.129. The van der Waals surface area contributed by atoms with Gasteiger partial charge in [0.1, 0.15) is 0 Å². The Morgan fingerprint density at radius 3 is 2.75 bits per heavy atom. The summed E-state index contributed by atoms with van der Waals surface area (Å²) in [4.78, 5) is 0. The molecule has 1 rings (SSSR count). The second kappa shape index (κ2) is 3.75. The number of nitrogens with one attached hydrogen (secondary N) is 1. The first-order valence-corrected chi connectivity index (χ1v) is 4.95. The smallest absolute Gasteiger partial charge is 0.0499 e. The van der Waals surface area contributed by atoms with E-state index in [9.17, 15) is 5.11 Å². The molecule has 0 aromatic carbocycles. The van der Waals surface area contributed by atoms with Crippen LogP contribution in [-0.2, 0) is 0 Å². The maximum Gasteiger partial charge on any atom is 0.0499 e. The monoisotopic (exact) mass is 171 g/mol. The van der Waals surface area contributed by atoms with Crippen LogP contribution in [0.15, 0.2) is 0 Å². The molecule has 1 saturated carbocycles. The van der Waals surface area contributed by atoms with Crippen molar-refractivity contribution >= 4 is 0 Å². The van der Waals surface area contributed by atoms with Crippen LogP contribution in [0.3, 0.4) is 0 Å². The molecule has 1 fully saturated rings. The summed E-state index contributed by atoms with van der Waals surface area (Å²) in [6.07, 6.45) is 3.63. The first-order chi connectivity index (χ1) is 5.58. The second-order valence-electron chi connectivity index (χ2n) is 4.58.